The fraction of sp³-hybridized carbons (Fsp3) is 1.00. The summed E-state index contributed by atoms with van der Waals surface area (Å²) in [6.07, 6.45) is 2.64. The van der Waals surface area contributed by atoms with Crippen molar-refractivity contribution in [1.29, 1.82) is 0 Å². The molecule has 0 aromatic heterocycles. The molecule has 10 nitrogen and oxygen atoms in total. The fourth-order valence-corrected chi connectivity index (χ4v) is 0. The maximum absolute atomic E-state index is 8.88. The van der Waals surface area contributed by atoms with Gasteiger partial charge in [0.1, 0.15) is 0 Å². The minimum atomic E-state index is -4.64. The summed E-state index contributed by atoms with van der Waals surface area (Å²) in [5.74, 6) is 0. The second kappa shape index (κ2) is 15.1. The second-order valence-electron chi connectivity index (χ2n) is 2.03. The average Bonchev–Trinajstić information content (AvgIpc) is 2.01. The van der Waals surface area contributed by atoms with Crippen molar-refractivity contribution in [3.05, 3.63) is 0 Å². The van der Waals surface area contributed by atoms with Gasteiger partial charge in [0, 0.05) is 0 Å². The Labute approximate surface area is 92.2 Å². The van der Waals surface area contributed by atoms with E-state index in [-0.39, 0.29) is 0 Å². The normalized spacial score (nSPS) is 9.62. The lowest BCUT2D eigenvalue weighted by atomic mass is 10.4. The summed E-state index contributed by atoms with van der Waals surface area (Å²) in [6, 6.07) is 0. The van der Waals surface area contributed by atoms with Crippen molar-refractivity contribution in [1.82, 2.24) is 0 Å². The van der Waals surface area contributed by atoms with E-state index in [9.17, 15) is 0 Å². The van der Waals surface area contributed by atoms with Gasteiger partial charge in [0.05, 0.1) is 0 Å². The monoisotopic (exact) mass is 288 g/mol. The Balaban J connectivity index is -0.0000000629. The molecule has 0 aromatic rings. The predicted molar refractivity (Wildman–Crippen MR) is 54.4 cm³/mol. The molecule has 0 aliphatic rings. The lowest BCUT2D eigenvalue weighted by Crippen LogP contribution is -1.66. The summed E-state index contributed by atoms with van der Waals surface area (Å²) in [5, 5.41) is 12.0. The van der Waals surface area contributed by atoms with Gasteiger partial charge >= 0.3 is 15.6 Å². The zero-order valence-corrected chi connectivity index (χ0v) is 10.5. The first-order valence-corrected chi connectivity index (χ1v) is 6.81. The van der Waals surface area contributed by atoms with Crippen LogP contribution >= 0.6 is 15.6 Å². The van der Waals surface area contributed by atoms with Crippen LogP contribution in [0.2, 0.25) is 0 Å². The Morgan fingerprint density at radius 1 is 0.688 bits per heavy atom. The van der Waals surface area contributed by atoms with Crippen LogP contribution in [0.3, 0.4) is 0 Å². The molecule has 0 rings (SSSR count). The molecule has 12 heteroatoms. The lowest BCUT2D eigenvalue weighted by Gasteiger charge is -1.82. The number of hydrogen-bond donors (Lipinski definition) is 8. The SMILES string of the molecule is CCCC.O=P(O)(O)O.O=P(O)(O)O.OO. The predicted octanol–water partition coefficient (Wildman–Crippen LogP) is -0.0334. The third-order valence-electron chi connectivity index (χ3n) is 0.500. The maximum atomic E-state index is 8.88. The Hall–Kier alpha value is 0.140. The van der Waals surface area contributed by atoms with Gasteiger partial charge in [-0.1, -0.05) is 26.7 Å². The smallest absolute Gasteiger partial charge is 0.303 e. The van der Waals surface area contributed by atoms with E-state index in [2.05, 4.69) is 13.8 Å². The van der Waals surface area contributed by atoms with Crippen LogP contribution in [0.5, 0.6) is 0 Å². The third kappa shape index (κ3) is 1880. The summed E-state index contributed by atoms with van der Waals surface area (Å²) in [6.45, 7) is 4.36. The highest BCUT2D eigenvalue weighted by Crippen LogP contribution is 2.26. The highest BCUT2D eigenvalue weighted by Gasteiger charge is 2.00. The molecule has 0 spiro atoms. The number of hydrogen-bond acceptors (Lipinski definition) is 4. The standard InChI is InChI=1S/C4H10.2H3O4P.H2O2/c1-3-4-2;2*1-5(2,3)4;1-2/h3-4H2,1-2H3;2*(H3,1,2,3,4);1-2H. The topological polar surface area (TPSA) is 196 Å². The van der Waals surface area contributed by atoms with Crippen molar-refractivity contribution in [2.75, 3.05) is 0 Å². The van der Waals surface area contributed by atoms with Gasteiger partial charge in [-0.05, 0) is 0 Å². The molecule has 0 bridgehead atoms. The van der Waals surface area contributed by atoms with Gasteiger partial charge in [-0.25, -0.2) is 9.13 Å². The molecular formula is C4H18O10P2. The molecule has 0 unspecified atom stereocenters. The third-order valence-corrected chi connectivity index (χ3v) is 0.500. The van der Waals surface area contributed by atoms with E-state index in [1.807, 2.05) is 0 Å². The molecule has 0 saturated heterocycles. The van der Waals surface area contributed by atoms with E-state index < -0.39 is 15.6 Å². The van der Waals surface area contributed by atoms with E-state index in [4.69, 9.17) is 49.0 Å². The van der Waals surface area contributed by atoms with E-state index >= 15 is 0 Å². The molecule has 8 N–H and O–H groups in total. The van der Waals surface area contributed by atoms with E-state index in [0.717, 1.165) is 0 Å². The van der Waals surface area contributed by atoms with Crippen molar-refractivity contribution < 1.29 is 49.0 Å². The highest BCUT2D eigenvalue weighted by molar-refractivity contribution is 7.45. The average molecular weight is 288 g/mol. The van der Waals surface area contributed by atoms with Crippen LogP contribution in [0.25, 0.3) is 0 Å². The van der Waals surface area contributed by atoms with Crippen LogP contribution in [0.1, 0.15) is 26.7 Å². The van der Waals surface area contributed by atoms with Gasteiger partial charge < -0.3 is 29.4 Å². The Bertz CT molecular complexity index is 154. The number of unbranched alkanes of at least 4 members (excludes halogenated alkanes) is 1. The first kappa shape index (κ1) is 25.1. The van der Waals surface area contributed by atoms with Crippen molar-refractivity contribution in [2.24, 2.45) is 0 Å². The molecule has 0 saturated carbocycles. The van der Waals surface area contributed by atoms with Crippen LogP contribution in [-0.2, 0) is 9.13 Å². The van der Waals surface area contributed by atoms with Gasteiger partial charge in [-0.15, -0.1) is 0 Å². The maximum Gasteiger partial charge on any atom is 0.466 e. The molecule has 104 valence electrons. The molecule has 0 aliphatic heterocycles. The summed E-state index contributed by atoms with van der Waals surface area (Å²) in [4.78, 5) is 43.1. The largest absolute Gasteiger partial charge is 0.466 e. The van der Waals surface area contributed by atoms with Crippen molar-refractivity contribution >= 4 is 15.6 Å². The zero-order valence-electron chi connectivity index (χ0n) is 8.70. The van der Waals surface area contributed by atoms with Gasteiger partial charge in [-0.3, -0.25) is 10.5 Å². The molecular weight excluding hydrogens is 270 g/mol. The van der Waals surface area contributed by atoms with Gasteiger partial charge in [0.15, 0.2) is 0 Å². The molecule has 0 radical (unpaired) electrons. The summed E-state index contributed by atoms with van der Waals surface area (Å²) < 4.78 is 17.8. The summed E-state index contributed by atoms with van der Waals surface area (Å²) >= 11 is 0. The van der Waals surface area contributed by atoms with Crippen LogP contribution in [-0.4, -0.2) is 39.9 Å². The first-order chi connectivity index (χ1) is 6.91. The summed E-state index contributed by atoms with van der Waals surface area (Å²) in [7, 11) is -9.28. The van der Waals surface area contributed by atoms with E-state index in [1.165, 1.54) is 12.8 Å². The minimum Gasteiger partial charge on any atom is -0.303 e. The molecule has 0 aromatic carbocycles. The van der Waals surface area contributed by atoms with Gasteiger partial charge in [0.2, 0.25) is 0 Å². The highest BCUT2D eigenvalue weighted by atomic mass is 31.2. The van der Waals surface area contributed by atoms with Crippen molar-refractivity contribution in [2.45, 2.75) is 26.7 Å². The Kier molecular flexibility index (Phi) is 23.8. The van der Waals surface area contributed by atoms with Crippen LogP contribution in [0.15, 0.2) is 0 Å². The van der Waals surface area contributed by atoms with E-state index in [0.29, 0.717) is 0 Å². The Morgan fingerprint density at radius 3 is 0.750 bits per heavy atom. The number of phosphoric acid groups is 2. The molecule has 0 amide bonds. The molecule has 16 heavy (non-hydrogen) atoms. The van der Waals surface area contributed by atoms with Crippen LogP contribution in [0, 0.1) is 0 Å². The van der Waals surface area contributed by atoms with Crippen molar-refractivity contribution in [3.63, 3.8) is 0 Å². The quantitative estimate of drug-likeness (QED) is 0.184. The number of rotatable bonds is 1. The van der Waals surface area contributed by atoms with Crippen LogP contribution < -0.4 is 0 Å². The van der Waals surface area contributed by atoms with Crippen molar-refractivity contribution in [3.8, 4) is 0 Å². The van der Waals surface area contributed by atoms with Gasteiger partial charge in [0.25, 0.3) is 0 Å². The minimum absolute atomic E-state index is 1.32. The first-order valence-electron chi connectivity index (χ1n) is 3.68. The lowest BCUT2D eigenvalue weighted by molar-refractivity contribution is -0.176. The van der Waals surface area contributed by atoms with E-state index in [1.54, 1.807) is 0 Å². The molecule has 0 fully saturated rings. The molecule has 0 aliphatic carbocycles. The second-order valence-corrected chi connectivity index (χ2v) is 4.08. The summed E-state index contributed by atoms with van der Waals surface area (Å²) in [5.41, 5.74) is 0. The molecule has 0 heterocycles. The zero-order chi connectivity index (χ0) is 14.4. The van der Waals surface area contributed by atoms with Crippen LogP contribution in [0.4, 0.5) is 0 Å². The fourth-order valence-electron chi connectivity index (χ4n) is 0. The van der Waals surface area contributed by atoms with Gasteiger partial charge in [-0.2, -0.15) is 0 Å². The molecule has 0 atom stereocenters. The Morgan fingerprint density at radius 2 is 0.750 bits per heavy atom.